The number of amides is 1. The summed E-state index contributed by atoms with van der Waals surface area (Å²) in [5.74, 6) is -1.37. The average Bonchev–Trinajstić information content (AvgIpc) is 2.85. The summed E-state index contributed by atoms with van der Waals surface area (Å²) in [5.41, 5.74) is -0.163. The van der Waals surface area contributed by atoms with Crippen molar-refractivity contribution in [3.8, 4) is 0 Å². The zero-order valence-electron chi connectivity index (χ0n) is 9.44. The lowest BCUT2D eigenvalue weighted by Crippen LogP contribution is -2.44. The Labute approximate surface area is 94.4 Å². The van der Waals surface area contributed by atoms with Gasteiger partial charge in [-0.2, -0.15) is 0 Å². The number of esters is 1. The third-order valence-corrected chi connectivity index (χ3v) is 4.02. The Morgan fingerprint density at radius 2 is 2.25 bits per heavy atom. The lowest BCUT2D eigenvalue weighted by Gasteiger charge is -2.29. The lowest BCUT2D eigenvalue weighted by molar-refractivity contribution is -0.159. The number of aliphatic hydroxyl groups is 1. The summed E-state index contributed by atoms with van der Waals surface area (Å²) in [6, 6.07) is 0.0177. The van der Waals surface area contributed by atoms with Gasteiger partial charge in [0.1, 0.15) is 0 Å². The molecule has 1 saturated carbocycles. The Balaban J connectivity index is 2.15. The second-order valence-electron chi connectivity index (χ2n) is 4.67. The van der Waals surface area contributed by atoms with Crippen molar-refractivity contribution < 1.29 is 19.4 Å². The molecular weight excluding hydrogens is 210 g/mol. The second-order valence-corrected chi connectivity index (χ2v) is 4.67. The van der Waals surface area contributed by atoms with E-state index in [9.17, 15) is 14.7 Å². The third kappa shape index (κ3) is 1.50. The highest BCUT2D eigenvalue weighted by Crippen LogP contribution is 2.48. The molecule has 0 bridgehead atoms. The minimum atomic E-state index is -0.805. The van der Waals surface area contributed by atoms with Gasteiger partial charge in [0, 0.05) is 18.0 Å². The van der Waals surface area contributed by atoms with Crippen LogP contribution >= 0.6 is 0 Å². The summed E-state index contributed by atoms with van der Waals surface area (Å²) < 4.78 is 4.45. The Hall–Kier alpha value is -1.10. The summed E-state index contributed by atoms with van der Waals surface area (Å²) in [6.45, 7) is 0.655. The number of aliphatic hydroxyl groups excluding tert-OH is 1. The van der Waals surface area contributed by atoms with E-state index in [0.717, 1.165) is 25.7 Å². The molecule has 0 spiro atoms. The molecule has 5 nitrogen and oxygen atoms in total. The van der Waals surface area contributed by atoms with E-state index in [1.165, 1.54) is 7.11 Å². The van der Waals surface area contributed by atoms with E-state index < -0.39 is 11.9 Å². The fourth-order valence-electron chi connectivity index (χ4n) is 3.11. The van der Waals surface area contributed by atoms with Crippen LogP contribution in [0.2, 0.25) is 0 Å². The first-order valence-electron chi connectivity index (χ1n) is 5.64. The molecule has 2 atom stereocenters. The maximum Gasteiger partial charge on any atom is 0.396 e. The van der Waals surface area contributed by atoms with Crippen molar-refractivity contribution in [3.63, 3.8) is 0 Å². The van der Waals surface area contributed by atoms with Crippen LogP contribution in [-0.2, 0) is 14.3 Å². The van der Waals surface area contributed by atoms with Crippen LogP contribution in [0, 0.1) is 5.41 Å². The van der Waals surface area contributed by atoms with Gasteiger partial charge in [0.05, 0.1) is 13.7 Å². The van der Waals surface area contributed by atoms with Crippen molar-refractivity contribution in [3.05, 3.63) is 0 Å². The summed E-state index contributed by atoms with van der Waals surface area (Å²) in [5, 5.41) is 9.47. The van der Waals surface area contributed by atoms with E-state index in [2.05, 4.69) is 4.74 Å². The minimum Gasteiger partial charge on any atom is -0.462 e. The normalized spacial score (nSPS) is 32.6. The molecule has 2 aliphatic rings. The van der Waals surface area contributed by atoms with Gasteiger partial charge in [0.15, 0.2) is 0 Å². The molecule has 1 N–H and O–H groups in total. The van der Waals surface area contributed by atoms with Crippen molar-refractivity contribution in [2.45, 2.75) is 31.7 Å². The monoisotopic (exact) mass is 227 g/mol. The van der Waals surface area contributed by atoms with Gasteiger partial charge in [-0.15, -0.1) is 0 Å². The van der Waals surface area contributed by atoms with Gasteiger partial charge < -0.3 is 14.7 Å². The maximum atomic E-state index is 11.7. The van der Waals surface area contributed by atoms with Crippen LogP contribution in [0.5, 0.6) is 0 Å². The van der Waals surface area contributed by atoms with Gasteiger partial charge in [-0.05, 0) is 19.3 Å². The number of ether oxygens (including phenoxy) is 1. The topological polar surface area (TPSA) is 66.8 Å². The highest BCUT2D eigenvalue weighted by atomic mass is 16.5. The van der Waals surface area contributed by atoms with E-state index in [0.29, 0.717) is 6.54 Å². The number of carbonyl (C=O) groups is 2. The van der Waals surface area contributed by atoms with Crippen LogP contribution in [0.3, 0.4) is 0 Å². The van der Waals surface area contributed by atoms with E-state index in [-0.39, 0.29) is 18.1 Å². The smallest absolute Gasteiger partial charge is 0.396 e. The van der Waals surface area contributed by atoms with E-state index in [1.807, 2.05) is 0 Å². The first-order valence-corrected chi connectivity index (χ1v) is 5.64. The first kappa shape index (κ1) is 11.4. The SMILES string of the molecule is COC(=O)C(=O)N1CCC2(CO)CCCC12. The molecule has 16 heavy (non-hydrogen) atoms. The molecular formula is C11H17NO4. The van der Waals surface area contributed by atoms with Gasteiger partial charge in [0.25, 0.3) is 0 Å². The molecule has 2 rings (SSSR count). The molecule has 0 aromatic carbocycles. The molecule has 0 radical (unpaired) electrons. The largest absolute Gasteiger partial charge is 0.462 e. The molecule has 1 aliphatic heterocycles. The summed E-state index contributed by atoms with van der Waals surface area (Å²) in [6.07, 6.45) is 3.62. The lowest BCUT2D eigenvalue weighted by atomic mass is 9.83. The molecule has 1 amide bonds. The van der Waals surface area contributed by atoms with Gasteiger partial charge in [-0.25, -0.2) is 4.79 Å². The Bertz CT molecular complexity index is 317. The minimum absolute atomic E-state index is 0.0177. The number of fused-ring (bicyclic) bond motifs is 1. The fraction of sp³-hybridized carbons (Fsp3) is 0.818. The predicted molar refractivity (Wildman–Crippen MR) is 55.5 cm³/mol. The highest BCUT2D eigenvalue weighted by molar-refractivity contribution is 6.32. The summed E-state index contributed by atoms with van der Waals surface area (Å²) in [4.78, 5) is 24.5. The number of hydrogen-bond acceptors (Lipinski definition) is 4. The molecule has 1 heterocycles. The Morgan fingerprint density at radius 3 is 2.88 bits per heavy atom. The van der Waals surface area contributed by atoms with Gasteiger partial charge in [-0.1, -0.05) is 6.42 Å². The standard InChI is InChI=1S/C11H17NO4/c1-16-10(15)9(14)12-6-5-11(7-13)4-2-3-8(11)12/h8,13H,2-7H2,1H3. The van der Waals surface area contributed by atoms with Gasteiger partial charge >= 0.3 is 11.9 Å². The van der Waals surface area contributed by atoms with Gasteiger partial charge in [0.2, 0.25) is 0 Å². The predicted octanol–water partition coefficient (Wildman–Crippen LogP) is -0.0771. The van der Waals surface area contributed by atoms with Crippen LogP contribution in [0.1, 0.15) is 25.7 Å². The number of carbonyl (C=O) groups excluding carboxylic acids is 2. The first-order chi connectivity index (χ1) is 7.64. The summed E-state index contributed by atoms with van der Waals surface area (Å²) in [7, 11) is 1.21. The van der Waals surface area contributed by atoms with Crippen LogP contribution in [0.25, 0.3) is 0 Å². The van der Waals surface area contributed by atoms with Gasteiger partial charge in [-0.3, -0.25) is 4.79 Å². The number of rotatable bonds is 1. The van der Waals surface area contributed by atoms with Crippen LogP contribution in [-0.4, -0.2) is 48.2 Å². The summed E-state index contributed by atoms with van der Waals surface area (Å²) >= 11 is 0. The zero-order chi connectivity index (χ0) is 11.8. The Morgan fingerprint density at radius 1 is 1.50 bits per heavy atom. The highest BCUT2D eigenvalue weighted by Gasteiger charge is 2.52. The third-order valence-electron chi connectivity index (χ3n) is 4.02. The molecule has 2 unspecified atom stereocenters. The van der Waals surface area contributed by atoms with Crippen molar-refractivity contribution in [2.75, 3.05) is 20.3 Å². The van der Waals surface area contributed by atoms with Crippen molar-refractivity contribution in [1.29, 1.82) is 0 Å². The fourth-order valence-corrected chi connectivity index (χ4v) is 3.11. The van der Waals surface area contributed by atoms with Crippen molar-refractivity contribution in [2.24, 2.45) is 5.41 Å². The van der Waals surface area contributed by atoms with Crippen molar-refractivity contribution >= 4 is 11.9 Å². The average molecular weight is 227 g/mol. The molecule has 0 aromatic heterocycles. The number of likely N-dealkylation sites (tertiary alicyclic amines) is 1. The second kappa shape index (κ2) is 4.05. The van der Waals surface area contributed by atoms with Crippen LogP contribution in [0.15, 0.2) is 0 Å². The van der Waals surface area contributed by atoms with Crippen molar-refractivity contribution in [1.82, 2.24) is 4.90 Å². The molecule has 1 saturated heterocycles. The zero-order valence-corrected chi connectivity index (χ0v) is 9.44. The molecule has 0 aromatic rings. The van der Waals surface area contributed by atoms with E-state index >= 15 is 0 Å². The number of methoxy groups -OCH3 is 1. The van der Waals surface area contributed by atoms with Crippen LogP contribution in [0.4, 0.5) is 0 Å². The molecule has 90 valence electrons. The quantitative estimate of drug-likeness (QED) is 0.502. The van der Waals surface area contributed by atoms with E-state index in [1.54, 1.807) is 4.90 Å². The Kier molecular flexibility index (Phi) is 2.88. The number of nitrogens with zero attached hydrogens (tertiary/aromatic N) is 1. The van der Waals surface area contributed by atoms with Crippen LogP contribution < -0.4 is 0 Å². The molecule has 2 fully saturated rings. The molecule has 5 heteroatoms. The van der Waals surface area contributed by atoms with E-state index in [4.69, 9.17) is 0 Å². The maximum absolute atomic E-state index is 11.7. The molecule has 1 aliphatic carbocycles. The number of hydrogen-bond donors (Lipinski definition) is 1.